The normalized spacial score (nSPS) is 13.4. The van der Waals surface area contributed by atoms with Crippen LogP contribution in [0.3, 0.4) is 0 Å². The highest BCUT2D eigenvalue weighted by Gasteiger charge is 2.09. The minimum atomic E-state index is 0.376. The maximum absolute atomic E-state index is 9.72. The molecule has 0 aromatic heterocycles. The first-order valence-electron chi connectivity index (χ1n) is 4.76. The van der Waals surface area contributed by atoms with Crippen LogP contribution in [0.5, 0.6) is 5.75 Å². The van der Waals surface area contributed by atoms with Crippen LogP contribution >= 0.6 is 0 Å². The summed E-state index contributed by atoms with van der Waals surface area (Å²) in [6.45, 7) is 0. The molecule has 0 radical (unpaired) electrons. The fourth-order valence-corrected chi connectivity index (χ4v) is 2.12. The van der Waals surface area contributed by atoms with E-state index < -0.39 is 0 Å². The van der Waals surface area contributed by atoms with Gasteiger partial charge in [0.1, 0.15) is 5.75 Å². The second kappa shape index (κ2) is 2.61. The lowest BCUT2D eigenvalue weighted by Gasteiger charge is -2.12. The molecule has 0 fully saturated rings. The molecule has 1 aliphatic rings. The molecule has 0 atom stereocenters. The lowest BCUT2D eigenvalue weighted by molar-refractivity contribution is 0.481. The van der Waals surface area contributed by atoms with Gasteiger partial charge in [-0.05, 0) is 29.0 Å². The van der Waals surface area contributed by atoms with Crippen molar-refractivity contribution in [3.8, 4) is 5.75 Å². The Bertz CT molecular complexity index is 538. The smallest absolute Gasteiger partial charge is 0.123 e. The summed E-state index contributed by atoms with van der Waals surface area (Å²) in [5.41, 5.74) is 2.51. The molecule has 1 N–H and O–H groups in total. The lowest BCUT2D eigenvalue weighted by atomic mass is 9.93. The van der Waals surface area contributed by atoms with Gasteiger partial charge in [0.25, 0.3) is 0 Å². The monoisotopic (exact) mass is 182 g/mol. The fraction of sp³-hybridized carbons (Fsp3) is 0.0769. The molecule has 2 aromatic carbocycles. The third-order valence-corrected chi connectivity index (χ3v) is 2.77. The molecule has 1 nitrogen and oxygen atoms in total. The van der Waals surface area contributed by atoms with Crippen molar-refractivity contribution in [1.82, 2.24) is 0 Å². The van der Waals surface area contributed by atoms with Gasteiger partial charge in [-0.15, -0.1) is 0 Å². The number of hydrogen-bond donors (Lipinski definition) is 1. The van der Waals surface area contributed by atoms with E-state index in [1.165, 1.54) is 16.5 Å². The van der Waals surface area contributed by atoms with E-state index in [1.54, 1.807) is 6.07 Å². The van der Waals surface area contributed by atoms with E-state index in [4.69, 9.17) is 0 Å². The van der Waals surface area contributed by atoms with E-state index in [1.807, 2.05) is 18.2 Å². The van der Waals surface area contributed by atoms with Gasteiger partial charge in [0.15, 0.2) is 0 Å². The molecule has 0 spiro atoms. The molecule has 0 unspecified atom stereocenters. The molecule has 2 aromatic rings. The highest BCUT2D eigenvalue weighted by Crippen LogP contribution is 2.33. The molecular formula is C13H10O. The van der Waals surface area contributed by atoms with Crippen molar-refractivity contribution in [3.63, 3.8) is 0 Å². The zero-order valence-electron chi connectivity index (χ0n) is 7.70. The number of rotatable bonds is 0. The van der Waals surface area contributed by atoms with Crippen LogP contribution in [0.25, 0.3) is 16.8 Å². The molecule has 0 saturated heterocycles. The van der Waals surface area contributed by atoms with Crippen molar-refractivity contribution in [2.75, 3.05) is 0 Å². The van der Waals surface area contributed by atoms with Crippen molar-refractivity contribution >= 4 is 16.8 Å². The van der Waals surface area contributed by atoms with Crippen LogP contribution in [0.2, 0.25) is 0 Å². The fourth-order valence-electron chi connectivity index (χ4n) is 2.12. The molecule has 3 rings (SSSR count). The molecule has 14 heavy (non-hydrogen) atoms. The molecule has 0 bridgehead atoms. The van der Waals surface area contributed by atoms with Crippen molar-refractivity contribution in [2.45, 2.75) is 6.42 Å². The predicted octanol–water partition coefficient (Wildman–Crippen LogP) is 3.11. The summed E-state index contributed by atoms with van der Waals surface area (Å²) < 4.78 is 0. The van der Waals surface area contributed by atoms with E-state index in [9.17, 15) is 5.11 Å². The van der Waals surface area contributed by atoms with Crippen molar-refractivity contribution in [2.24, 2.45) is 0 Å². The van der Waals surface area contributed by atoms with E-state index >= 15 is 0 Å². The topological polar surface area (TPSA) is 20.2 Å². The summed E-state index contributed by atoms with van der Waals surface area (Å²) in [7, 11) is 0. The summed E-state index contributed by atoms with van der Waals surface area (Å²) >= 11 is 0. The second-order valence-electron chi connectivity index (χ2n) is 3.62. The lowest BCUT2D eigenvalue weighted by Crippen LogP contribution is -1.92. The molecule has 68 valence electrons. The Morgan fingerprint density at radius 3 is 2.93 bits per heavy atom. The number of phenols is 1. The maximum atomic E-state index is 9.72. The molecule has 0 aliphatic heterocycles. The first-order valence-corrected chi connectivity index (χ1v) is 4.76. The van der Waals surface area contributed by atoms with Crippen LogP contribution in [0.4, 0.5) is 0 Å². The zero-order valence-corrected chi connectivity index (χ0v) is 7.70. The molecule has 0 heterocycles. The Labute approximate surface area is 82.3 Å². The molecule has 1 heteroatoms. The number of allylic oxidation sites excluding steroid dienone is 1. The zero-order chi connectivity index (χ0) is 9.54. The minimum absolute atomic E-state index is 0.376. The Morgan fingerprint density at radius 1 is 1.07 bits per heavy atom. The summed E-state index contributed by atoms with van der Waals surface area (Å²) in [6, 6.07) is 9.82. The first kappa shape index (κ1) is 7.63. The van der Waals surface area contributed by atoms with E-state index in [0.717, 1.165) is 11.8 Å². The van der Waals surface area contributed by atoms with Crippen LogP contribution in [-0.2, 0) is 6.42 Å². The number of hydrogen-bond acceptors (Lipinski definition) is 1. The van der Waals surface area contributed by atoms with Crippen LogP contribution in [0.15, 0.2) is 36.4 Å². The van der Waals surface area contributed by atoms with Gasteiger partial charge in [0.05, 0.1) is 0 Å². The molecular weight excluding hydrogens is 172 g/mol. The maximum Gasteiger partial charge on any atom is 0.123 e. The Morgan fingerprint density at radius 2 is 2.00 bits per heavy atom. The summed E-state index contributed by atoms with van der Waals surface area (Å²) in [6.07, 6.45) is 5.25. The van der Waals surface area contributed by atoms with Crippen LogP contribution in [0, 0.1) is 0 Å². The standard InChI is InChI=1S/C13H10O/c14-12-8-7-10-4-1-3-9-5-2-6-11(12)13(9)10/h1-2,4-8,14H,3H2. The van der Waals surface area contributed by atoms with E-state index in [0.29, 0.717) is 5.75 Å². The Balaban J connectivity index is 2.56. The SMILES string of the molecule is Oc1ccc2c3c(cccc13)CC=C2. The van der Waals surface area contributed by atoms with Gasteiger partial charge in [0.2, 0.25) is 0 Å². The van der Waals surface area contributed by atoms with Gasteiger partial charge in [-0.1, -0.05) is 36.4 Å². The van der Waals surface area contributed by atoms with E-state index in [2.05, 4.69) is 18.2 Å². The average molecular weight is 182 g/mol. The quantitative estimate of drug-likeness (QED) is 0.663. The predicted molar refractivity (Wildman–Crippen MR) is 58.4 cm³/mol. The van der Waals surface area contributed by atoms with Gasteiger partial charge in [-0.2, -0.15) is 0 Å². The third kappa shape index (κ3) is 0.896. The van der Waals surface area contributed by atoms with Gasteiger partial charge < -0.3 is 5.11 Å². The number of benzene rings is 2. The molecule has 1 aliphatic carbocycles. The summed E-state index contributed by atoms with van der Waals surface area (Å²) in [5, 5.41) is 11.9. The second-order valence-corrected chi connectivity index (χ2v) is 3.62. The van der Waals surface area contributed by atoms with Crippen LogP contribution in [0.1, 0.15) is 11.1 Å². The minimum Gasteiger partial charge on any atom is -0.507 e. The Kier molecular flexibility index (Phi) is 1.42. The Hall–Kier alpha value is -1.76. The van der Waals surface area contributed by atoms with Gasteiger partial charge in [-0.3, -0.25) is 0 Å². The number of aromatic hydroxyl groups is 1. The van der Waals surface area contributed by atoms with Crippen LogP contribution in [-0.4, -0.2) is 5.11 Å². The van der Waals surface area contributed by atoms with Crippen molar-refractivity contribution in [3.05, 3.63) is 47.5 Å². The highest BCUT2D eigenvalue weighted by molar-refractivity contribution is 5.98. The van der Waals surface area contributed by atoms with Crippen LogP contribution < -0.4 is 0 Å². The van der Waals surface area contributed by atoms with Crippen molar-refractivity contribution in [1.29, 1.82) is 0 Å². The number of phenolic OH excluding ortho intramolecular Hbond substituents is 1. The van der Waals surface area contributed by atoms with Crippen molar-refractivity contribution < 1.29 is 5.11 Å². The first-order chi connectivity index (χ1) is 6.86. The molecule has 0 amide bonds. The van der Waals surface area contributed by atoms with Gasteiger partial charge in [-0.25, -0.2) is 0 Å². The largest absolute Gasteiger partial charge is 0.507 e. The summed E-state index contributed by atoms with van der Waals surface area (Å²) in [5.74, 6) is 0.376. The highest BCUT2D eigenvalue weighted by atomic mass is 16.3. The van der Waals surface area contributed by atoms with E-state index in [-0.39, 0.29) is 0 Å². The molecule has 0 saturated carbocycles. The average Bonchev–Trinajstić information content (AvgIpc) is 2.24. The summed E-state index contributed by atoms with van der Waals surface area (Å²) in [4.78, 5) is 0. The third-order valence-electron chi connectivity index (χ3n) is 2.77. The van der Waals surface area contributed by atoms with Gasteiger partial charge in [0, 0.05) is 5.39 Å². The van der Waals surface area contributed by atoms with Gasteiger partial charge >= 0.3 is 0 Å².